The normalized spacial score (nSPS) is 12.0. The van der Waals surface area contributed by atoms with Gasteiger partial charge in [-0.1, -0.05) is 26.0 Å². The molecule has 28 heavy (non-hydrogen) atoms. The Hall–Kier alpha value is -1.24. The molecule has 0 atom stereocenters. The second-order valence-electron chi connectivity index (χ2n) is 6.22. The van der Waals surface area contributed by atoms with Gasteiger partial charge in [-0.05, 0) is 37.6 Å². The van der Waals surface area contributed by atoms with E-state index in [9.17, 15) is 8.42 Å². The number of aliphatic imine (C=N–C) groups is 1. The molecule has 0 bridgehead atoms. The van der Waals surface area contributed by atoms with Gasteiger partial charge in [-0.3, -0.25) is 0 Å². The van der Waals surface area contributed by atoms with Crippen LogP contribution in [0.5, 0.6) is 0 Å². The maximum Gasteiger partial charge on any atom is 0.240 e. The van der Waals surface area contributed by atoms with E-state index in [2.05, 4.69) is 44.6 Å². The minimum atomic E-state index is -3.41. The molecule has 0 amide bonds. The number of thiazole rings is 1. The van der Waals surface area contributed by atoms with Gasteiger partial charge in [0.25, 0.3) is 0 Å². The number of benzene rings is 1. The Bertz CT molecular complexity index is 864. The maximum absolute atomic E-state index is 11.8. The van der Waals surface area contributed by atoms with Crippen LogP contribution >= 0.6 is 35.3 Å². The van der Waals surface area contributed by atoms with E-state index in [0.29, 0.717) is 25.0 Å². The number of halogens is 1. The van der Waals surface area contributed by atoms with Gasteiger partial charge >= 0.3 is 0 Å². The molecule has 0 saturated carbocycles. The summed E-state index contributed by atoms with van der Waals surface area (Å²) >= 11 is 1.64. The Morgan fingerprint density at radius 2 is 1.89 bits per heavy atom. The quantitative estimate of drug-likeness (QED) is 0.274. The highest BCUT2D eigenvalue weighted by Gasteiger charge is 2.10. The van der Waals surface area contributed by atoms with Crippen LogP contribution in [0.25, 0.3) is 0 Å². The molecule has 1 aromatic carbocycles. The molecule has 2 aromatic rings. The Morgan fingerprint density at radius 1 is 1.21 bits per heavy atom. The van der Waals surface area contributed by atoms with Crippen LogP contribution in [0.4, 0.5) is 0 Å². The van der Waals surface area contributed by atoms with E-state index in [4.69, 9.17) is 0 Å². The highest BCUT2D eigenvalue weighted by atomic mass is 127. The molecule has 0 aliphatic rings. The van der Waals surface area contributed by atoms with Gasteiger partial charge in [-0.25, -0.2) is 23.1 Å². The second-order valence-corrected chi connectivity index (χ2v) is 9.05. The SMILES string of the molecule is CCNC(=NCc1ccc(S(=O)(=O)NC)cc1)NCc1nc(C(C)C)cs1.I. The fraction of sp³-hybridized carbons (Fsp3) is 0.444. The molecule has 1 aromatic heterocycles. The molecule has 0 aliphatic carbocycles. The highest BCUT2D eigenvalue weighted by molar-refractivity contribution is 14.0. The number of nitrogens with one attached hydrogen (secondary N) is 3. The van der Waals surface area contributed by atoms with Gasteiger partial charge in [0, 0.05) is 11.9 Å². The Balaban J connectivity index is 0.00000392. The topological polar surface area (TPSA) is 95.5 Å². The van der Waals surface area contributed by atoms with Crippen molar-refractivity contribution in [2.24, 2.45) is 4.99 Å². The lowest BCUT2D eigenvalue weighted by molar-refractivity contribution is 0.588. The molecule has 1 heterocycles. The van der Waals surface area contributed by atoms with Gasteiger partial charge in [-0.2, -0.15) is 0 Å². The molecule has 0 spiro atoms. The molecule has 10 heteroatoms. The zero-order valence-corrected chi connectivity index (χ0v) is 20.5. The number of rotatable bonds is 8. The van der Waals surface area contributed by atoms with Crippen LogP contribution in [-0.4, -0.2) is 33.0 Å². The third-order valence-electron chi connectivity index (χ3n) is 3.83. The van der Waals surface area contributed by atoms with E-state index < -0.39 is 10.0 Å². The molecule has 3 N–H and O–H groups in total. The summed E-state index contributed by atoms with van der Waals surface area (Å²) in [6.07, 6.45) is 0. The average Bonchev–Trinajstić information content (AvgIpc) is 3.14. The van der Waals surface area contributed by atoms with Crippen molar-refractivity contribution in [3.63, 3.8) is 0 Å². The van der Waals surface area contributed by atoms with Crippen molar-refractivity contribution in [1.29, 1.82) is 0 Å². The van der Waals surface area contributed by atoms with Gasteiger partial charge in [-0.15, -0.1) is 35.3 Å². The van der Waals surface area contributed by atoms with E-state index in [1.807, 2.05) is 6.92 Å². The third kappa shape index (κ3) is 7.30. The second kappa shape index (κ2) is 11.7. The van der Waals surface area contributed by atoms with E-state index >= 15 is 0 Å². The molecule has 156 valence electrons. The first kappa shape index (κ1) is 24.8. The van der Waals surface area contributed by atoms with Gasteiger partial charge < -0.3 is 10.6 Å². The molecule has 0 radical (unpaired) electrons. The van der Waals surface area contributed by atoms with Crippen molar-refractivity contribution in [3.8, 4) is 0 Å². The average molecular weight is 537 g/mol. The molecule has 2 rings (SSSR count). The van der Waals surface area contributed by atoms with E-state index in [1.165, 1.54) is 7.05 Å². The zero-order chi connectivity index (χ0) is 19.9. The summed E-state index contributed by atoms with van der Waals surface area (Å²) < 4.78 is 25.8. The summed E-state index contributed by atoms with van der Waals surface area (Å²) in [7, 11) is -2.02. The van der Waals surface area contributed by atoms with Crippen LogP contribution < -0.4 is 15.4 Å². The Morgan fingerprint density at radius 3 is 2.43 bits per heavy atom. The number of aromatic nitrogens is 1. The number of guanidine groups is 1. The van der Waals surface area contributed by atoms with E-state index in [1.54, 1.807) is 35.6 Å². The highest BCUT2D eigenvalue weighted by Crippen LogP contribution is 2.17. The van der Waals surface area contributed by atoms with Crippen LogP contribution in [0.2, 0.25) is 0 Å². The monoisotopic (exact) mass is 537 g/mol. The van der Waals surface area contributed by atoms with E-state index in [-0.39, 0.29) is 28.9 Å². The minimum absolute atomic E-state index is 0. The van der Waals surface area contributed by atoms with Gasteiger partial charge in [0.2, 0.25) is 10.0 Å². The molecule has 0 aliphatic heterocycles. The molecule has 0 unspecified atom stereocenters. The lowest BCUT2D eigenvalue weighted by atomic mass is 10.2. The summed E-state index contributed by atoms with van der Waals surface area (Å²) in [5.74, 6) is 1.12. The van der Waals surface area contributed by atoms with Crippen molar-refractivity contribution in [2.45, 2.75) is 44.7 Å². The van der Waals surface area contributed by atoms with Gasteiger partial charge in [0.15, 0.2) is 5.96 Å². The predicted molar refractivity (Wildman–Crippen MR) is 126 cm³/mol. The maximum atomic E-state index is 11.8. The van der Waals surface area contributed by atoms with Crippen molar-refractivity contribution >= 4 is 51.3 Å². The number of sulfonamides is 1. The lowest BCUT2D eigenvalue weighted by Crippen LogP contribution is -2.36. The largest absolute Gasteiger partial charge is 0.357 e. The summed E-state index contributed by atoms with van der Waals surface area (Å²) in [6, 6.07) is 6.71. The standard InChI is InChI=1S/C18H27N5O2S2.HI/c1-5-20-18(22-11-17-23-16(12-26-17)13(2)3)21-10-14-6-8-15(9-7-14)27(24,25)19-4;/h6-9,12-13,19H,5,10-11H2,1-4H3,(H2,20,21,22);1H. The van der Waals surface area contributed by atoms with Crippen molar-refractivity contribution in [3.05, 3.63) is 45.9 Å². The molecule has 0 fully saturated rings. The minimum Gasteiger partial charge on any atom is -0.357 e. The predicted octanol–water partition coefficient (Wildman–Crippen LogP) is 3.05. The first-order chi connectivity index (χ1) is 12.9. The smallest absolute Gasteiger partial charge is 0.240 e. The van der Waals surface area contributed by atoms with Crippen LogP contribution in [0.15, 0.2) is 39.5 Å². The van der Waals surface area contributed by atoms with Crippen LogP contribution in [-0.2, 0) is 23.1 Å². The van der Waals surface area contributed by atoms with Crippen molar-refractivity contribution < 1.29 is 8.42 Å². The van der Waals surface area contributed by atoms with Crippen molar-refractivity contribution in [2.75, 3.05) is 13.6 Å². The lowest BCUT2D eigenvalue weighted by Gasteiger charge is -2.10. The van der Waals surface area contributed by atoms with Crippen molar-refractivity contribution in [1.82, 2.24) is 20.3 Å². The molecular formula is C18H28IN5O2S2. The Labute approximate surface area is 188 Å². The first-order valence-electron chi connectivity index (χ1n) is 8.84. The summed E-state index contributed by atoms with van der Waals surface area (Å²) in [4.78, 5) is 9.41. The number of hydrogen-bond acceptors (Lipinski definition) is 5. The number of nitrogens with zero attached hydrogens (tertiary/aromatic N) is 2. The van der Waals surface area contributed by atoms with Gasteiger partial charge in [0.05, 0.1) is 23.7 Å². The summed E-state index contributed by atoms with van der Waals surface area (Å²) in [5, 5.41) is 9.60. The molecule has 7 nitrogen and oxygen atoms in total. The van der Waals surface area contributed by atoms with Crippen LogP contribution in [0, 0.1) is 0 Å². The zero-order valence-electron chi connectivity index (χ0n) is 16.5. The summed E-state index contributed by atoms with van der Waals surface area (Å²) in [6.45, 7) is 8.08. The fourth-order valence-corrected chi connectivity index (χ4v) is 3.86. The van der Waals surface area contributed by atoms with Gasteiger partial charge in [0.1, 0.15) is 5.01 Å². The van der Waals surface area contributed by atoms with Crippen LogP contribution in [0.1, 0.15) is 43.0 Å². The molecule has 0 saturated heterocycles. The van der Waals surface area contributed by atoms with E-state index in [0.717, 1.165) is 22.8 Å². The molecular weight excluding hydrogens is 509 g/mol. The third-order valence-corrected chi connectivity index (χ3v) is 6.13. The van der Waals surface area contributed by atoms with Crippen LogP contribution in [0.3, 0.4) is 0 Å². The number of hydrogen-bond donors (Lipinski definition) is 3. The summed E-state index contributed by atoms with van der Waals surface area (Å²) in [5.41, 5.74) is 2.04. The first-order valence-corrected chi connectivity index (χ1v) is 11.2. The fourth-order valence-electron chi connectivity index (χ4n) is 2.23. The Kier molecular flexibility index (Phi) is 10.4.